The van der Waals surface area contributed by atoms with Crippen LogP contribution in [0.25, 0.3) is 45.4 Å². The van der Waals surface area contributed by atoms with Crippen molar-refractivity contribution in [2.75, 3.05) is 9.80 Å². The van der Waals surface area contributed by atoms with Crippen molar-refractivity contribution in [3.8, 4) is 29.0 Å². The van der Waals surface area contributed by atoms with E-state index in [0.29, 0.717) is 28.4 Å². The molecule has 5 atom stereocenters. The molecule has 5 nitrogen and oxygen atoms in total. The fourth-order valence-corrected chi connectivity index (χ4v) is 15.6. The van der Waals surface area contributed by atoms with E-state index in [-0.39, 0.29) is 28.7 Å². The number of nitriles is 2. The van der Waals surface area contributed by atoms with Gasteiger partial charge in [-0.05, 0) is 154 Å². The van der Waals surface area contributed by atoms with Gasteiger partial charge in [0.25, 0.3) is 0 Å². The van der Waals surface area contributed by atoms with E-state index in [1.807, 2.05) is 0 Å². The van der Waals surface area contributed by atoms with E-state index in [2.05, 4.69) is 293 Å². The van der Waals surface area contributed by atoms with Crippen molar-refractivity contribution in [1.82, 2.24) is 4.57 Å². The van der Waals surface area contributed by atoms with Crippen molar-refractivity contribution < 1.29 is 0 Å². The molecule has 0 radical (unpaired) electrons. The summed E-state index contributed by atoms with van der Waals surface area (Å²) in [6.45, 7) is 14.2. The van der Waals surface area contributed by atoms with Crippen molar-refractivity contribution >= 4 is 51.4 Å². The van der Waals surface area contributed by atoms with Crippen LogP contribution in [0.1, 0.15) is 122 Å². The first kappa shape index (κ1) is 50.5. The molecule has 0 saturated carbocycles. The summed E-state index contributed by atoms with van der Waals surface area (Å²) in [5.41, 5.74) is 22.8. The van der Waals surface area contributed by atoms with E-state index in [0.717, 1.165) is 64.2 Å². The molecule has 0 amide bonds. The Hall–Kier alpha value is -9.42. The van der Waals surface area contributed by atoms with Crippen LogP contribution in [0, 0.1) is 34.5 Å². The fraction of sp³-hybridized carbons (Fsp3) is 0.205. The van der Waals surface area contributed by atoms with Gasteiger partial charge >= 0.3 is 0 Å². The van der Waals surface area contributed by atoms with Crippen molar-refractivity contribution in [2.24, 2.45) is 11.8 Å². The predicted molar refractivity (Wildman–Crippen MR) is 342 cm³/mol. The molecule has 1 aliphatic heterocycles. The Morgan fingerprint density at radius 1 is 0.627 bits per heavy atom. The molecule has 83 heavy (non-hydrogen) atoms. The summed E-state index contributed by atoms with van der Waals surface area (Å²) in [7, 11) is 0. The highest BCUT2D eigenvalue weighted by Gasteiger charge is 2.48. The maximum absolute atomic E-state index is 12.1. The van der Waals surface area contributed by atoms with Gasteiger partial charge in [-0.15, -0.1) is 0 Å². The van der Waals surface area contributed by atoms with E-state index in [4.69, 9.17) is 0 Å². The van der Waals surface area contributed by atoms with Gasteiger partial charge in [-0.25, -0.2) is 0 Å². The molecule has 8 aromatic rings. The number of hydrogen-bond acceptors (Lipinski definition) is 4. The third-order valence-corrected chi connectivity index (χ3v) is 20.0. The molecular formula is C78H65N5. The zero-order valence-corrected chi connectivity index (χ0v) is 48.0. The third-order valence-electron chi connectivity index (χ3n) is 20.0. The molecule has 7 aliphatic rings. The lowest BCUT2D eigenvalue weighted by atomic mass is 9.63. The number of para-hydroxylation sites is 3. The lowest BCUT2D eigenvalue weighted by molar-refractivity contribution is 0.411. The number of aromatic nitrogens is 1. The monoisotopic (exact) mass is 1070 g/mol. The van der Waals surface area contributed by atoms with E-state index in [9.17, 15) is 10.5 Å². The number of allylic oxidation sites excluding steroid dienone is 12. The molecule has 5 unspecified atom stereocenters. The van der Waals surface area contributed by atoms with Gasteiger partial charge < -0.3 is 14.4 Å². The van der Waals surface area contributed by atoms with Crippen LogP contribution in [0.4, 0.5) is 22.7 Å². The molecule has 1 aromatic heterocycles. The minimum atomic E-state index is -0.476. The number of rotatable bonds is 8. The fourth-order valence-electron chi connectivity index (χ4n) is 15.6. The van der Waals surface area contributed by atoms with E-state index in [1.165, 1.54) is 61.2 Å². The summed E-state index contributed by atoms with van der Waals surface area (Å²) < 4.78 is 2.40. The van der Waals surface area contributed by atoms with Crippen LogP contribution >= 0.6 is 0 Å². The molecule has 0 N–H and O–H groups in total. The molecular weight excluding hydrogens is 1010 g/mol. The Morgan fingerprint density at radius 3 is 2.02 bits per heavy atom. The van der Waals surface area contributed by atoms with Gasteiger partial charge in [0.2, 0.25) is 0 Å². The van der Waals surface area contributed by atoms with Crippen LogP contribution < -0.4 is 9.80 Å². The second kappa shape index (κ2) is 18.8. The second-order valence-electron chi connectivity index (χ2n) is 25.2. The van der Waals surface area contributed by atoms with Gasteiger partial charge in [0, 0.05) is 55.9 Å². The first-order chi connectivity index (χ1) is 40.4. The normalized spacial score (nSPS) is 21.3. The summed E-state index contributed by atoms with van der Waals surface area (Å²) in [4.78, 5) is 4.81. The van der Waals surface area contributed by atoms with Crippen LogP contribution in [0.2, 0.25) is 0 Å². The van der Waals surface area contributed by atoms with Gasteiger partial charge in [-0.3, -0.25) is 0 Å². The molecule has 2 heterocycles. The van der Waals surface area contributed by atoms with Crippen LogP contribution in [0.15, 0.2) is 229 Å². The number of benzene rings is 7. The van der Waals surface area contributed by atoms with E-state index < -0.39 is 5.41 Å². The van der Waals surface area contributed by atoms with Crippen molar-refractivity contribution in [2.45, 2.75) is 89.0 Å². The number of fused-ring (bicyclic) bond motifs is 13. The SMILES string of the molecule is CC1C=C(C(C)(c2cccc3c4c(n(-c5cc(C#N)c(N6c7cc8c(cc7C7C=CC=C(N(c9ccccc9)c9ccccc9)C76)-c6ccccc6C8(C)C)cc5C#N)c23)C=C2CC(=C4)c3ccccc3C2(C)C)C2C=CC=CC2)C=CC1. The van der Waals surface area contributed by atoms with Gasteiger partial charge in [0.1, 0.15) is 12.1 Å². The topological polar surface area (TPSA) is 59.0 Å². The van der Waals surface area contributed by atoms with Crippen LogP contribution in [-0.4, -0.2) is 10.6 Å². The molecule has 15 rings (SSSR count). The van der Waals surface area contributed by atoms with E-state index in [1.54, 1.807) is 0 Å². The first-order valence-corrected chi connectivity index (χ1v) is 29.7. The Bertz CT molecular complexity index is 4390. The molecule has 6 aliphatic carbocycles. The summed E-state index contributed by atoms with van der Waals surface area (Å²) in [5.74, 6) is 0.438. The first-order valence-electron chi connectivity index (χ1n) is 29.7. The van der Waals surface area contributed by atoms with Gasteiger partial charge in [-0.1, -0.05) is 205 Å². The van der Waals surface area contributed by atoms with Gasteiger partial charge in [-0.2, -0.15) is 10.5 Å². The summed E-state index contributed by atoms with van der Waals surface area (Å²) in [5, 5.41) is 25.3. The predicted octanol–water partition coefficient (Wildman–Crippen LogP) is 19.1. The van der Waals surface area contributed by atoms with Crippen LogP contribution in [-0.2, 0) is 16.2 Å². The zero-order chi connectivity index (χ0) is 56.5. The Kier molecular flexibility index (Phi) is 11.5. The van der Waals surface area contributed by atoms with Crippen molar-refractivity contribution in [3.63, 3.8) is 0 Å². The average molecular weight is 1070 g/mol. The zero-order valence-electron chi connectivity index (χ0n) is 48.0. The molecule has 2 bridgehead atoms. The number of nitrogens with zero attached hydrogens (tertiary/aromatic N) is 5. The second-order valence-corrected chi connectivity index (χ2v) is 25.2. The maximum atomic E-state index is 12.1. The highest BCUT2D eigenvalue weighted by Crippen LogP contribution is 2.59. The summed E-state index contributed by atoms with van der Waals surface area (Å²) >= 11 is 0. The smallest absolute Gasteiger partial charge is 0.101 e. The molecule has 0 spiro atoms. The Balaban J connectivity index is 1.01. The minimum absolute atomic E-state index is 0.0942. The molecule has 5 heteroatoms. The molecule has 0 fully saturated rings. The highest BCUT2D eigenvalue weighted by atomic mass is 15.3. The molecule has 0 saturated heterocycles. The summed E-state index contributed by atoms with van der Waals surface area (Å²) in [6.07, 6.45) is 30.7. The lowest BCUT2D eigenvalue weighted by Crippen LogP contribution is -2.39. The van der Waals surface area contributed by atoms with Gasteiger partial charge in [0.05, 0.1) is 39.8 Å². The van der Waals surface area contributed by atoms with Crippen molar-refractivity contribution in [3.05, 3.63) is 285 Å². The molecule has 7 aromatic carbocycles. The Labute approximate surface area is 488 Å². The Morgan fingerprint density at radius 2 is 1.31 bits per heavy atom. The van der Waals surface area contributed by atoms with Gasteiger partial charge in [0.15, 0.2) is 0 Å². The van der Waals surface area contributed by atoms with Crippen molar-refractivity contribution in [1.29, 1.82) is 10.5 Å². The van der Waals surface area contributed by atoms with E-state index >= 15 is 0 Å². The minimum Gasteiger partial charge on any atom is -0.330 e. The largest absolute Gasteiger partial charge is 0.330 e. The lowest BCUT2D eigenvalue weighted by Gasteiger charge is -2.41. The highest BCUT2D eigenvalue weighted by molar-refractivity contribution is 6.05. The van der Waals surface area contributed by atoms with Crippen LogP contribution in [0.5, 0.6) is 0 Å². The number of hydrogen-bond donors (Lipinski definition) is 0. The summed E-state index contributed by atoms with van der Waals surface area (Å²) in [6, 6.07) is 60.2. The van der Waals surface area contributed by atoms with Crippen LogP contribution in [0.3, 0.4) is 0 Å². The quantitative estimate of drug-likeness (QED) is 0.152. The standard InChI is InChI=1S/C78H65N5/c1-49-23-20-26-54(39-49)78(6,53-24-10-7-11-25-53)67-37-21-33-60-63-41-50-40-55(76(2,3)65-35-18-16-31-58(50)65)44-72(63)82(74(60)67)70-42-52(48-80)71(43-51(70)47-79)83-73-46-68-62(59-32-17-19-36-66(59)77(68,4)5)45-64(73)61-34-22-38-69(75(61)83)81(56-27-12-8-13-28-56)57-29-14-9-15-30-57/h7-22,24,26-39,41-46,49,53,61,75H,23,25,40H2,1-6H3. The molecule has 402 valence electrons. The maximum Gasteiger partial charge on any atom is 0.101 e. The number of anilines is 4. The average Bonchev–Trinajstić information content (AvgIpc) is 1.89. The third kappa shape index (κ3) is 7.43.